The predicted octanol–water partition coefficient (Wildman–Crippen LogP) is 3.10. The number of anilines is 1. The van der Waals surface area contributed by atoms with E-state index in [2.05, 4.69) is 25.2 Å². The highest BCUT2D eigenvalue weighted by molar-refractivity contribution is 5.86. The number of hydrogen-bond acceptors (Lipinski definition) is 3. The topological polar surface area (TPSA) is 38.3 Å². The van der Waals surface area contributed by atoms with E-state index in [1.165, 1.54) is 5.56 Å². The number of esters is 1. The fraction of sp³-hybridized carbons (Fsp3) is 0.533. The Bertz CT molecular complexity index is 472. The van der Waals surface area contributed by atoms with Crippen LogP contribution in [0.25, 0.3) is 0 Å². The van der Waals surface area contributed by atoms with Crippen LogP contribution in [-0.2, 0) is 14.9 Å². The molecule has 0 aliphatic carbocycles. The van der Waals surface area contributed by atoms with Crippen LogP contribution in [0.5, 0.6) is 0 Å². The summed E-state index contributed by atoms with van der Waals surface area (Å²) in [6.45, 7) is 9.81. The van der Waals surface area contributed by atoms with Crippen molar-refractivity contribution in [3.63, 3.8) is 0 Å². The molecule has 1 aliphatic heterocycles. The lowest BCUT2D eigenvalue weighted by molar-refractivity contribution is -0.157. The lowest BCUT2D eigenvalue weighted by Crippen LogP contribution is -2.44. The summed E-state index contributed by atoms with van der Waals surface area (Å²) in [5.41, 5.74) is 1.49. The molecule has 0 amide bonds. The highest BCUT2D eigenvalue weighted by Crippen LogP contribution is 2.41. The fourth-order valence-corrected chi connectivity index (χ4v) is 2.38. The number of benzene rings is 1. The summed E-state index contributed by atoms with van der Waals surface area (Å²) in [6.07, 6.45) is 0. The van der Waals surface area contributed by atoms with Crippen LogP contribution in [0.3, 0.4) is 0 Å². The van der Waals surface area contributed by atoms with Crippen molar-refractivity contribution in [2.75, 3.05) is 5.32 Å². The summed E-state index contributed by atoms with van der Waals surface area (Å²) in [5.74, 6) is -0.191. The zero-order chi connectivity index (χ0) is 13.6. The second-order valence-electron chi connectivity index (χ2n) is 6.38. The molecule has 0 saturated carbocycles. The third kappa shape index (κ3) is 2.22. The van der Waals surface area contributed by atoms with Crippen LogP contribution in [0.1, 0.15) is 40.2 Å². The van der Waals surface area contributed by atoms with Crippen molar-refractivity contribution in [1.29, 1.82) is 0 Å². The Morgan fingerprint density at radius 2 is 1.89 bits per heavy atom. The molecule has 1 aliphatic rings. The predicted molar refractivity (Wildman–Crippen MR) is 72.7 cm³/mol. The molecule has 1 aromatic rings. The third-order valence-electron chi connectivity index (χ3n) is 3.29. The van der Waals surface area contributed by atoms with Crippen molar-refractivity contribution in [3.8, 4) is 0 Å². The van der Waals surface area contributed by atoms with Crippen LogP contribution in [0.15, 0.2) is 24.3 Å². The number of nitrogens with one attached hydrogen (secondary N) is 1. The molecular formula is C15H21NO2. The Morgan fingerprint density at radius 3 is 2.44 bits per heavy atom. The van der Waals surface area contributed by atoms with Crippen LogP contribution in [-0.4, -0.2) is 17.6 Å². The van der Waals surface area contributed by atoms with Gasteiger partial charge in [-0.05, 0) is 32.4 Å². The number of rotatable bonds is 1. The van der Waals surface area contributed by atoms with Gasteiger partial charge in [0.2, 0.25) is 0 Å². The third-order valence-corrected chi connectivity index (χ3v) is 3.29. The zero-order valence-corrected chi connectivity index (χ0v) is 11.7. The van der Waals surface area contributed by atoms with Crippen molar-refractivity contribution in [2.45, 2.75) is 51.7 Å². The second kappa shape index (κ2) is 4.01. The standard InChI is InChI=1S/C15H21NO2/c1-14(2,3)18-13(17)12-15(4,5)10-8-6-7-9-11(10)16-12/h6-9,12,16H,1-5H3. The van der Waals surface area contributed by atoms with E-state index in [4.69, 9.17) is 4.74 Å². The van der Waals surface area contributed by atoms with E-state index in [0.29, 0.717) is 0 Å². The van der Waals surface area contributed by atoms with E-state index < -0.39 is 5.60 Å². The first-order valence-corrected chi connectivity index (χ1v) is 6.31. The van der Waals surface area contributed by atoms with Crippen molar-refractivity contribution < 1.29 is 9.53 Å². The lowest BCUT2D eigenvalue weighted by atomic mass is 9.80. The smallest absolute Gasteiger partial charge is 0.329 e. The molecule has 0 aromatic heterocycles. The van der Waals surface area contributed by atoms with Crippen LogP contribution in [0.4, 0.5) is 5.69 Å². The molecule has 0 fully saturated rings. The molecule has 2 rings (SSSR count). The largest absolute Gasteiger partial charge is 0.458 e. The molecule has 3 heteroatoms. The van der Waals surface area contributed by atoms with Gasteiger partial charge in [0.1, 0.15) is 11.6 Å². The van der Waals surface area contributed by atoms with Gasteiger partial charge >= 0.3 is 5.97 Å². The van der Waals surface area contributed by atoms with E-state index in [1.807, 2.05) is 39.0 Å². The minimum atomic E-state index is -0.455. The van der Waals surface area contributed by atoms with Crippen LogP contribution < -0.4 is 5.32 Å². The first-order chi connectivity index (χ1) is 8.22. The van der Waals surface area contributed by atoms with Crippen LogP contribution in [0.2, 0.25) is 0 Å². The summed E-state index contributed by atoms with van der Waals surface area (Å²) in [7, 11) is 0. The molecule has 3 nitrogen and oxygen atoms in total. The number of carbonyl (C=O) groups is 1. The van der Waals surface area contributed by atoms with Gasteiger partial charge in [-0.1, -0.05) is 32.0 Å². The van der Waals surface area contributed by atoms with Gasteiger partial charge < -0.3 is 10.1 Å². The van der Waals surface area contributed by atoms with Crippen LogP contribution in [0, 0.1) is 0 Å². The molecular weight excluding hydrogens is 226 g/mol. The van der Waals surface area contributed by atoms with Gasteiger partial charge in [0.15, 0.2) is 0 Å². The van der Waals surface area contributed by atoms with E-state index in [9.17, 15) is 4.79 Å². The van der Waals surface area contributed by atoms with E-state index >= 15 is 0 Å². The SMILES string of the molecule is CC(C)(C)OC(=O)C1Nc2ccccc2C1(C)C. The van der Waals surface area contributed by atoms with Crippen molar-refractivity contribution in [2.24, 2.45) is 0 Å². The maximum absolute atomic E-state index is 12.3. The molecule has 18 heavy (non-hydrogen) atoms. The Labute approximate surface area is 109 Å². The quantitative estimate of drug-likeness (QED) is 0.775. The molecule has 1 aromatic carbocycles. The number of para-hydroxylation sites is 1. The van der Waals surface area contributed by atoms with E-state index in [1.54, 1.807) is 0 Å². The molecule has 0 radical (unpaired) electrons. The Balaban J connectivity index is 2.26. The number of ether oxygens (including phenoxy) is 1. The number of carbonyl (C=O) groups excluding carboxylic acids is 1. The van der Waals surface area contributed by atoms with Crippen molar-refractivity contribution in [3.05, 3.63) is 29.8 Å². The Morgan fingerprint density at radius 1 is 1.28 bits per heavy atom. The molecule has 98 valence electrons. The molecule has 1 N–H and O–H groups in total. The lowest BCUT2D eigenvalue weighted by Gasteiger charge is -2.29. The zero-order valence-electron chi connectivity index (χ0n) is 11.7. The first-order valence-electron chi connectivity index (χ1n) is 6.31. The van der Waals surface area contributed by atoms with Crippen molar-refractivity contribution in [1.82, 2.24) is 0 Å². The molecule has 1 atom stereocenters. The average Bonchev–Trinajstić information content (AvgIpc) is 2.49. The highest BCUT2D eigenvalue weighted by Gasteiger charge is 2.45. The summed E-state index contributed by atoms with van der Waals surface area (Å²) in [4.78, 5) is 12.3. The molecule has 1 unspecified atom stereocenters. The monoisotopic (exact) mass is 247 g/mol. The van der Waals surface area contributed by atoms with Gasteiger partial charge in [-0.2, -0.15) is 0 Å². The van der Waals surface area contributed by atoms with Gasteiger partial charge in [0, 0.05) is 11.1 Å². The summed E-state index contributed by atoms with van der Waals surface area (Å²) >= 11 is 0. The summed E-state index contributed by atoms with van der Waals surface area (Å²) < 4.78 is 5.49. The summed E-state index contributed by atoms with van der Waals surface area (Å²) in [5, 5.41) is 3.27. The molecule has 0 spiro atoms. The van der Waals surface area contributed by atoms with Gasteiger partial charge in [0.05, 0.1) is 0 Å². The van der Waals surface area contributed by atoms with E-state index in [0.717, 1.165) is 5.69 Å². The Hall–Kier alpha value is -1.51. The normalized spacial score (nSPS) is 21.1. The number of fused-ring (bicyclic) bond motifs is 1. The minimum Gasteiger partial charge on any atom is -0.458 e. The van der Waals surface area contributed by atoms with E-state index in [-0.39, 0.29) is 17.4 Å². The highest BCUT2D eigenvalue weighted by atomic mass is 16.6. The fourth-order valence-electron chi connectivity index (χ4n) is 2.38. The Kier molecular flexibility index (Phi) is 2.88. The molecule has 0 saturated heterocycles. The first kappa shape index (κ1) is 12.9. The van der Waals surface area contributed by atoms with Crippen LogP contribution >= 0.6 is 0 Å². The molecule has 1 heterocycles. The van der Waals surface area contributed by atoms with Gasteiger partial charge in [-0.3, -0.25) is 0 Å². The van der Waals surface area contributed by atoms with Gasteiger partial charge in [0.25, 0.3) is 0 Å². The van der Waals surface area contributed by atoms with Gasteiger partial charge in [-0.15, -0.1) is 0 Å². The maximum Gasteiger partial charge on any atom is 0.329 e. The van der Waals surface area contributed by atoms with Crippen molar-refractivity contribution >= 4 is 11.7 Å². The number of hydrogen-bond donors (Lipinski definition) is 1. The van der Waals surface area contributed by atoms with Gasteiger partial charge in [-0.25, -0.2) is 4.79 Å². The maximum atomic E-state index is 12.3. The second-order valence-corrected chi connectivity index (χ2v) is 6.38. The minimum absolute atomic E-state index is 0.191. The molecule has 0 bridgehead atoms. The average molecular weight is 247 g/mol. The summed E-state index contributed by atoms with van der Waals surface area (Å²) in [6, 6.07) is 7.71.